The van der Waals surface area contributed by atoms with Gasteiger partial charge in [-0.1, -0.05) is 19.1 Å². The monoisotopic (exact) mass is 307 g/mol. The summed E-state index contributed by atoms with van der Waals surface area (Å²) >= 11 is 1.64. The average molecular weight is 307 g/mol. The largest absolute Gasteiger partial charge is 0.329 e. The standard InChI is InChI=1S/C16H25N3OS/c1-12-6-5-9-19(14(12)10-17)11-16(20)18-13-7-3-4-8-15(13)21-2/h3-4,7-8,12,14H,5-6,9-11,17H2,1-2H3,(H,18,20). The highest BCUT2D eigenvalue weighted by Crippen LogP contribution is 2.25. The lowest BCUT2D eigenvalue weighted by molar-refractivity contribution is -0.118. The van der Waals surface area contributed by atoms with Crippen molar-refractivity contribution in [2.24, 2.45) is 11.7 Å². The van der Waals surface area contributed by atoms with E-state index in [0.29, 0.717) is 25.0 Å². The highest BCUT2D eigenvalue weighted by Gasteiger charge is 2.28. The number of nitrogens with two attached hydrogens (primary N) is 1. The lowest BCUT2D eigenvalue weighted by Gasteiger charge is -2.38. The first-order valence-electron chi connectivity index (χ1n) is 7.52. The zero-order valence-electron chi connectivity index (χ0n) is 12.8. The Hall–Kier alpha value is -1.04. The minimum atomic E-state index is 0.0454. The Bertz CT molecular complexity index is 480. The third kappa shape index (κ3) is 4.22. The van der Waals surface area contributed by atoms with Gasteiger partial charge in [0, 0.05) is 17.5 Å². The Kier molecular flexibility index (Phi) is 6.08. The highest BCUT2D eigenvalue weighted by atomic mass is 32.2. The van der Waals surface area contributed by atoms with Gasteiger partial charge in [-0.3, -0.25) is 9.69 Å². The van der Waals surface area contributed by atoms with Crippen molar-refractivity contribution in [3.05, 3.63) is 24.3 Å². The maximum absolute atomic E-state index is 12.3. The molecule has 1 aliphatic rings. The molecule has 1 aromatic carbocycles. The van der Waals surface area contributed by atoms with Gasteiger partial charge in [0.25, 0.3) is 0 Å². The van der Waals surface area contributed by atoms with Crippen LogP contribution in [-0.2, 0) is 4.79 Å². The molecule has 1 aromatic rings. The van der Waals surface area contributed by atoms with Crippen molar-refractivity contribution in [1.82, 2.24) is 4.90 Å². The third-order valence-electron chi connectivity index (χ3n) is 4.20. The first-order chi connectivity index (χ1) is 10.2. The van der Waals surface area contributed by atoms with Gasteiger partial charge in [0.2, 0.25) is 5.91 Å². The molecular formula is C16H25N3OS. The van der Waals surface area contributed by atoms with Gasteiger partial charge >= 0.3 is 0 Å². The zero-order valence-corrected chi connectivity index (χ0v) is 13.7. The minimum absolute atomic E-state index is 0.0454. The highest BCUT2D eigenvalue weighted by molar-refractivity contribution is 7.98. The summed E-state index contributed by atoms with van der Waals surface area (Å²) in [6.07, 6.45) is 4.36. The van der Waals surface area contributed by atoms with Crippen LogP contribution in [-0.4, -0.2) is 42.7 Å². The SMILES string of the molecule is CSc1ccccc1NC(=O)CN1CCCC(C)C1CN. The van der Waals surface area contributed by atoms with Crippen molar-refractivity contribution < 1.29 is 4.79 Å². The van der Waals surface area contributed by atoms with Crippen molar-refractivity contribution in [2.75, 3.05) is 31.2 Å². The molecule has 2 unspecified atom stereocenters. The lowest BCUT2D eigenvalue weighted by atomic mass is 9.91. The second kappa shape index (κ2) is 7.82. The van der Waals surface area contributed by atoms with Crippen molar-refractivity contribution in [1.29, 1.82) is 0 Å². The van der Waals surface area contributed by atoms with Gasteiger partial charge in [-0.25, -0.2) is 0 Å². The van der Waals surface area contributed by atoms with Crippen molar-refractivity contribution in [3.8, 4) is 0 Å². The fourth-order valence-electron chi connectivity index (χ4n) is 3.03. The maximum Gasteiger partial charge on any atom is 0.238 e. The summed E-state index contributed by atoms with van der Waals surface area (Å²) in [5.41, 5.74) is 6.77. The molecule has 0 radical (unpaired) electrons. The number of benzene rings is 1. The van der Waals surface area contributed by atoms with Crippen LogP contribution in [0, 0.1) is 5.92 Å². The second-order valence-electron chi connectivity index (χ2n) is 5.64. The number of nitrogens with one attached hydrogen (secondary N) is 1. The van der Waals surface area contributed by atoms with E-state index in [1.54, 1.807) is 11.8 Å². The molecule has 3 N–H and O–H groups in total. The quantitative estimate of drug-likeness (QED) is 0.820. The number of para-hydroxylation sites is 1. The Labute approximate surface area is 131 Å². The number of amides is 1. The summed E-state index contributed by atoms with van der Waals surface area (Å²) in [5.74, 6) is 0.610. The Morgan fingerprint density at radius 1 is 1.48 bits per heavy atom. The van der Waals surface area contributed by atoms with Crippen molar-refractivity contribution in [3.63, 3.8) is 0 Å². The van der Waals surface area contributed by atoms with E-state index in [0.717, 1.165) is 23.5 Å². The summed E-state index contributed by atoms with van der Waals surface area (Å²) in [7, 11) is 0. The number of carbonyl (C=O) groups excluding carboxylic acids is 1. The van der Waals surface area contributed by atoms with Crippen LogP contribution in [0.15, 0.2) is 29.2 Å². The van der Waals surface area contributed by atoms with Gasteiger partial charge in [0.1, 0.15) is 0 Å². The molecule has 5 heteroatoms. The molecule has 4 nitrogen and oxygen atoms in total. The van der Waals surface area contributed by atoms with Crippen LogP contribution in [0.25, 0.3) is 0 Å². The van der Waals surface area contributed by atoms with Crippen molar-refractivity contribution >= 4 is 23.4 Å². The molecule has 1 amide bonds. The molecule has 1 fully saturated rings. The summed E-state index contributed by atoms with van der Waals surface area (Å²) in [5, 5.41) is 3.03. The summed E-state index contributed by atoms with van der Waals surface area (Å²) in [4.78, 5) is 15.6. The lowest BCUT2D eigenvalue weighted by Crippen LogP contribution is -2.51. The van der Waals surface area contributed by atoms with Crippen LogP contribution >= 0.6 is 11.8 Å². The first-order valence-corrected chi connectivity index (χ1v) is 8.75. The number of likely N-dealkylation sites (tertiary alicyclic amines) is 1. The second-order valence-corrected chi connectivity index (χ2v) is 6.49. The first kappa shape index (κ1) is 16.3. The fraction of sp³-hybridized carbons (Fsp3) is 0.562. The fourth-order valence-corrected chi connectivity index (χ4v) is 3.59. The summed E-state index contributed by atoms with van der Waals surface area (Å²) in [6, 6.07) is 8.22. The van der Waals surface area contributed by atoms with Gasteiger partial charge in [0.05, 0.1) is 12.2 Å². The van der Waals surface area contributed by atoms with Crippen LogP contribution in [0.2, 0.25) is 0 Å². The van der Waals surface area contributed by atoms with Crippen molar-refractivity contribution in [2.45, 2.75) is 30.7 Å². The predicted molar refractivity (Wildman–Crippen MR) is 89.7 cm³/mol. The van der Waals surface area contributed by atoms with Gasteiger partial charge in [0.15, 0.2) is 0 Å². The van der Waals surface area contributed by atoms with E-state index < -0.39 is 0 Å². The average Bonchev–Trinajstić information content (AvgIpc) is 2.48. The summed E-state index contributed by atoms with van der Waals surface area (Å²) in [6.45, 7) is 4.24. The van der Waals surface area contributed by atoms with E-state index in [1.165, 1.54) is 6.42 Å². The van der Waals surface area contributed by atoms with E-state index in [2.05, 4.69) is 17.1 Å². The summed E-state index contributed by atoms with van der Waals surface area (Å²) < 4.78 is 0. The molecule has 0 aliphatic carbocycles. The molecule has 2 rings (SSSR count). The van der Waals surface area contributed by atoms with Gasteiger partial charge in [-0.2, -0.15) is 0 Å². The number of thioether (sulfide) groups is 1. The van der Waals surface area contributed by atoms with E-state index in [1.807, 2.05) is 30.5 Å². The predicted octanol–water partition coefficient (Wildman–Crippen LogP) is 2.41. The van der Waals surface area contributed by atoms with Gasteiger partial charge in [-0.05, 0) is 43.7 Å². The van der Waals surface area contributed by atoms with E-state index in [4.69, 9.17) is 5.73 Å². The molecule has 116 valence electrons. The topological polar surface area (TPSA) is 58.4 Å². The Morgan fingerprint density at radius 3 is 2.95 bits per heavy atom. The zero-order chi connectivity index (χ0) is 15.2. The number of hydrogen-bond acceptors (Lipinski definition) is 4. The minimum Gasteiger partial charge on any atom is -0.329 e. The normalized spacial score (nSPS) is 23.0. The molecule has 2 atom stereocenters. The molecular weight excluding hydrogens is 282 g/mol. The van der Waals surface area contributed by atoms with E-state index in [9.17, 15) is 4.79 Å². The molecule has 0 aromatic heterocycles. The molecule has 1 heterocycles. The number of hydrogen-bond donors (Lipinski definition) is 2. The van der Waals surface area contributed by atoms with E-state index >= 15 is 0 Å². The Balaban J connectivity index is 1.97. The number of nitrogens with zero attached hydrogens (tertiary/aromatic N) is 1. The molecule has 0 saturated carbocycles. The number of anilines is 1. The molecule has 21 heavy (non-hydrogen) atoms. The van der Waals surface area contributed by atoms with Crippen LogP contribution < -0.4 is 11.1 Å². The van der Waals surface area contributed by atoms with Gasteiger partial charge < -0.3 is 11.1 Å². The number of carbonyl (C=O) groups is 1. The molecule has 1 saturated heterocycles. The molecule has 0 spiro atoms. The van der Waals surface area contributed by atoms with Crippen LogP contribution in [0.3, 0.4) is 0 Å². The van der Waals surface area contributed by atoms with Crippen LogP contribution in [0.1, 0.15) is 19.8 Å². The van der Waals surface area contributed by atoms with Crippen LogP contribution in [0.5, 0.6) is 0 Å². The number of piperidine rings is 1. The Morgan fingerprint density at radius 2 is 2.24 bits per heavy atom. The number of rotatable bonds is 5. The molecule has 1 aliphatic heterocycles. The smallest absolute Gasteiger partial charge is 0.238 e. The third-order valence-corrected chi connectivity index (χ3v) is 5.00. The van der Waals surface area contributed by atoms with E-state index in [-0.39, 0.29) is 5.91 Å². The maximum atomic E-state index is 12.3. The van der Waals surface area contributed by atoms with Gasteiger partial charge in [-0.15, -0.1) is 11.8 Å². The van der Waals surface area contributed by atoms with Crippen LogP contribution in [0.4, 0.5) is 5.69 Å². The molecule has 0 bridgehead atoms.